The summed E-state index contributed by atoms with van der Waals surface area (Å²) in [5.74, 6) is 0.497. The van der Waals surface area contributed by atoms with Crippen molar-refractivity contribution in [2.45, 2.75) is 45.1 Å². The van der Waals surface area contributed by atoms with E-state index in [0.717, 1.165) is 57.5 Å². The van der Waals surface area contributed by atoms with Crippen LogP contribution in [0.25, 0.3) is 0 Å². The first kappa shape index (κ1) is 20.8. The summed E-state index contributed by atoms with van der Waals surface area (Å²) in [5.41, 5.74) is 0.717. The second kappa shape index (κ2) is 10.0. The molecule has 0 spiro atoms. The van der Waals surface area contributed by atoms with Gasteiger partial charge in [0.2, 0.25) is 5.91 Å². The number of halogens is 2. The number of hydrogen-bond acceptors (Lipinski definition) is 3. The summed E-state index contributed by atoms with van der Waals surface area (Å²) >= 11 is 5.47. The number of anilines is 1. The van der Waals surface area contributed by atoms with Gasteiger partial charge in [-0.15, -0.1) is 0 Å². The van der Waals surface area contributed by atoms with Crippen LogP contribution in [0.4, 0.5) is 14.5 Å². The summed E-state index contributed by atoms with van der Waals surface area (Å²) in [6, 6.07) is 6.26. The van der Waals surface area contributed by atoms with E-state index in [1.165, 1.54) is 25.0 Å². The van der Waals surface area contributed by atoms with Gasteiger partial charge in [-0.1, -0.05) is 12.8 Å². The van der Waals surface area contributed by atoms with Gasteiger partial charge in [-0.25, -0.2) is 0 Å². The van der Waals surface area contributed by atoms with Gasteiger partial charge in [0.25, 0.3) is 0 Å². The predicted molar refractivity (Wildman–Crippen MR) is 109 cm³/mol. The topological polar surface area (TPSA) is 44.8 Å². The van der Waals surface area contributed by atoms with Crippen LogP contribution in [-0.2, 0) is 4.79 Å². The molecule has 0 saturated carbocycles. The molecular formula is C20H27F2N3O2S. The second-order valence-corrected chi connectivity index (χ2v) is 7.72. The monoisotopic (exact) mass is 411 g/mol. The highest BCUT2D eigenvalue weighted by atomic mass is 32.1. The molecule has 0 aromatic heterocycles. The standard InChI is InChI=1S/C20H27F2N3O2S/c21-19(22)27-17-7-5-16(6-8-17)23-20(28)25-13-9-15(10-14-25)18(26)24-11-3-1-2-4-12-24/h5-8,15,19H,1-4,9-14H2,(H,23,28). The van der Waals surface area contributed by atoms with E-state index in [4.69, 9.17) is 12.2 Å². The van der Waals surface area contributed by atoms with Gasteiger partial charge in [0.05, 0.1) is 0 Å². The van der Waals surface area contributed by atoms with E-state index >= 15 is 0 Å². The number of benzene rings is 1. The molecule has 0 unspecified atom stereocenters. The highest BCUT2D eigenvalue weighted by Crippen LogP contribution is 2.23. The SMILES string of the molecule is O=C(C1CCN(C(=S)Nc2ccc(OC(F)F)cc2)CC1)N1CCCCCC1. The van der Waals surface area contributed by atoms with Gasteiger partial charge in [-0.3, -0.25) is 4.79 Å². The minimum absolute atomic E-state index is 0.0860. The fraction of sp³-hybridized carbons (Fsp3) is 0.600. The number of ether oxygens (including phenoxy) is 1. The molecule has 2 fully saturated rings. The van der Waals surface area contributed by atoms with Crippen LogP contribution in [0.1, 0.15) is 38.5 Å². The van der Waals surface area contributed by atoms with Crippen molar-refractivity contribution in [2.24, 2.45) is 5.92 Å². The predicted octanol–water partition coefficient (Wildman–Crippen LogP) is 4.10. The number of carbonyl (C=O) groups excluding carboxylic acids is 1. The smallest absolute Gasteiger partial charge is 0.387 e. The van der Waals surface area contributed by atoms with Crippen molar-refractivity contribution in [3.05, 3.63) is 24.3 Å². The molecule has 2 heterocycles. The molecule has 0 aliphatic carbocycles. The highest BCUT2D eigenvalue weighted by Gasteiger charge is 2.29. The van der Waals surface area contributed by atoms with E-state index in [-0.39, 0.29) is 11.7 Å². The summed E-state index contributed by atoms with van der Waals surface area (Å²) in [6.45, 7) is 0.429. The average molecular weight is 412 g/mol. The fourth-order valence-corrected chi connectivity index (χ4v) is 4.10. The number of alkyl halides is 2. The molecule has 5 nitrogen and oxygen atoms in total. The summed E-state index contributed by atoms with van der Waals surface area (Å²) in [4.78, 5) is 16.9. The lowest BCUT2D eigenvalue weighted by molar-refractivity contribution is -0.136. The van der Waals surface area contributed by atoms with Crippen molar-refractivity contribution >= 4 is 28.9 Å². The molecule has 8 heteroatoms. The summed E-state index contributed by atoms with van der Waals surface area (Å²) in [5, 5.41) is 3.71. The third-order valence-electron chi connectivity index (χ3n) is 5.38. The van der Waals surface area contributed by atoms with Crippen molar-refractivity contribution in [2.75, 3.05) is 31.5 Å². The quantitative estimate of drug-likeness (QED) is 0.756. The summed E-state index contributed by atoms with van der Waals surface area (Å²) in [7, 11) is 0. The van der Waals surface area contributed by atoms with E-state index in [2.05, 4.69) is 15.0 Å². The molecule has 1 aromatic rings. The zero-order chi connectivity index (χ0) is 19.9. The third kappa shape index (κ3) is 5.77. The maximum absolute atomic E-state index is 12.8. The van der Waals surface area contributed by atoms with Crippen molar-refractivity contribution in [3.63, 3.8) is 0 Å². The van der Waals surface area contributed by atoms with Gasteiger partial charge in [0, 0.05) is 37.8 Å². The Bertz CT molecular complexity index is 656. The second-order valence-electron chi connectivity index (χ2n) is 7.33. The number of carbonyl (C=O) groups is 1. The third-order valence-corrected chi connectivity index (χ3v) is 5.74. The average Bonchev–Trinajstić information content (AvgIpc) is 2.98. The number of rotatable bonds is 4. The molecule has 0 bridgehead atoms. The number of amides is 1. The first-order valence-corrected chi connectivity index (χ1v) is 10.3. The van der Waals surface area contributed by atoms with Crippen LogP contribution < -0.4 is 10.1 Å². The molecule has 2 aliphatic heterocycles. The molecule has 1 aromatic carbocycles. The van der Waals surface area contributed by atoms with E-state index in [0.29, 0.717) is 11.0 Å². The summed E-state index contributed by atoms with van der Waals surface area (Å²) < 4.78 is 28.8. The van der Waals surface area contributed by atoms with Crippen LogP contribution in [0.5, 0.6) is 5.75 Å². The number of likely N-dealkylation sites (tertiary alicyclic amines) is 2. The Morgan fingerprint density at radius 1 is 1.00 bits per heavy atom. The van der Waals surface area contributed by atoms with Crippen LogP contribution in [0.3, 0.4) is 0 Å². The Kier molecular flexibility index (Phi) is 7.42. The van der Waals surface area contributed by atoms with E-state index in [1.807, 2.05) is 4.90 Å². The molecule has 3 rings (SSSR count). The number of hydrogen-bond donors (Lipinski definition) is 1. The van der Waals surface area contributed by atoms with Crippen molar-refractivity contribution < 1.29 is 18.3 Å². The molecule has 2 saturated heterocycles. The lowest BCUT2D eigenvalue weighted by Gasteiger charge is -2.35. The molecule has 0 atom stereocenters. The minimum atomic E-state index is -2.83. The van der Waals surface area contributed by atoms with Crippen molar-refractivity contribution in [1.82, 2.24) is 9.80 Å². The van der Waals surface area contributed by atoms with E-state index in [1.54, 1.807) is 12.1 Å². The molecule has 28 heavy (non-hydrogen) atoms. The maximum Gasteiger partial charge on any atom is 0.387 e. The van der Waals surface area contributed by atoms with Crippen LogP contribution >= 0.6 is 12.2 Å². The van der Waals surface area contributed by atoms with Gasteiger partial charge in [0.15, 0.2) is 5.11 Å². The number of piperidine rings is 1. The number of thiocarbonyl (C=S) groups is 1. The molecule has 2 aliphatic rings. The lowest BCUT2D eigenvalue weighted by Crippen LogP contribution is -2.45. The summed E-state index contributed by atoms with van der Waals surface area (Å²) in [6.07, 6.45) is 6.27. The van der Waals surface area contributed by atoms with Crippen molar-refractivity contribution in [3.8, 4) is 5.75 Å². The first-order valence-electron chi connectivity index (χ1n) is 9.92. The Morgan fingerprint density at radius 2 is 1.61 bits per heavy atom. The van der Waals surface area contributed by atoms with Gasteiger partial charge in [-0.2, -0.15) is 8.78 Å². The zero-order valence-electron chi connectivity index (χ0n) is 15.9. The Hall–Kier alpha value is -1.96. The zero-order valence-corrected chi connectivity index (χ0v) is 16.7. The van der Waals surface area contributed by atoms with Gasteiger partial charge >= 0.3 is 6.61 Å². The normalized spacial score (nSPS) is 18.7. The maximum atomic E-state index is 12.8. The van der Waals surface area contributed by atoms with Crippen LogP contribution in [0.2, 0.25) is 0 Å². The molecular weight excluding hydrogens is 384 g/mol. The fourth-order valence-electron chi connectivity index (χ4n) is 3.80. The number of nitrogens with one attached hydrogen (secondary N) is 1. The van der Waals surface area contributed by atoms with Crippen LogP contribution in [-0.4, -0.2) is 53.6 Å². The van der Waals surface area contributed by atoms with Gasteiger partial charge < -0.3 is 19.9 Å². The van der Waals surface area contributed by atoms with Gasteiger partial charge in [-0.05, 0) is 62.2 Å². The number of nitrogens with zero attached hydrogens (tertiary/aromatic N) is 2. The van der Waals surface area contributed by atoms with Gasteiger partial charge in [0.1, 0.15) is 5.75 Å². The van der Waals surface area contributed by atoms with Crippen LogP contribution in [0.15, 0.2) is 24.3 Å². The molecule has 1 N–H and O–H groups in total. The lowest BCUT2D eigenvalue weighted by atomic mass is 9.95. The first-order chi connectivity index (χ1) is 13.5. The Balaban J connectivity index is 1.46. The Morgan fingerprint density at radius 3 is 2.18 bits per heavy atom. The largest absolute Gasteiger partial charge is 0.435 e. The molecule has 0 radical (unpaired) electrons. The van der Waals surface area contributed by atoms with E-state index < -0.39 is 6.61 Å². The molecule has 154 valence electrons. The molecule has 1 amide bonds. The Labute approximate surface area is 170 Å². The minimum Gasteiger partial charge on any atom is -0.435 e. The van der Waals surface area contributed by atoms with E-state index in [9.17, 15) is 13.6 Å². The highest BCUT2D eigenvalue weighted by molar-refractivity contribution is 7.80. The van der Waals surface area contributed by atoms with Crippen LogP contribution in [0, 0.1) is 5.92 Å². The van der Waals surface area contributed by atoms with Crippen molar-refractivity contribution in [1.29, 1.82) is 0 Å².